The number of carbonyl (C=O) groups is 2. The zero-order chi connectivity index (χ0) is 42.8. The molecule has 0 saturated carbocycles. The number of aromatic nitrogens is 6. The third kappa shape index (κ3) is 10.1. The minimum absolute atomic E-state index is 0.00530. The minimum atomic E-state index is -0.812. The van der Waals surface area contributed by atoms with Crippen molar-refractivity contribution in [1.82, 2.24) is 39.7 Å². The number of nitrogens with two attached hydrogens (primary N) is 1. The van der Waals surface area contributed by atoms with E-state index in [4.69, 9.17) is 17.3 Å². The van der Waals surface area contributed by atoms with Gasteiger partial charge in [0.05, 0.1) is 0 Å². The highest BCUT2D eigenvalue weighted by molar-refractivity contribution is 6.32. The number of hydrogen-bond acceptors (Lipinski definition) is 12. The van der Waals surface area contributed by atoms with Gasteiger partial charge < -0.3 is 40.6 Å². The molecule has 0 atom stereocenters. The van der Waals surface area contributed by atoms with Crippen molar-refractivity contribution in [2.24, 2.45) is 5.73 Å². The smallest absolute Gasteiger partial charge is 0.291 e. The number of benzene rings is 2. The highest BCUT2D eigenvalue weighted by atomic mass is 35.5. The van der Waals surface area contributed by atoms with Crippen molar-refractivity contribution in [3.8, 4) is 11.4 Å². The molecule has 5 aromatic rings. The van der Waals surface area contributed by atoms with E-state index in [0.717, 1.165) is 37.3 Å². The molecule has 59 heavy (non-hydrogen) atoms. The van der Waals surface area contributed by atoms with Gasteiger partial charge in [0.25, 0.3) is 22.9 Å². The van der Waals surface area contributed by atoms with Gasteiger partial charge in [-0.3, -0.25) is 19.2 Å². The molecule has 7 rings (SSSR count). The lowest BCUT2D eigenvalue weighted by Crippen LogP contribution is -2.46. The molecule has 5 heterocycles. The van der Waals surface area contributed by atoms with E-state index >= 15 is 0 Å². The number of nitrogens with one attached hydrogen (secondary N) is 3. The molecule has 0 radical (unpaired) electrons. The molecule has 2 aromatic carbocycles. The summed E-state index contributed by atoms with van der Waals surface area (Å²) in [5, 5.41) is 2.76. The Hall–Kier alpha value is -5.71. The number of primary amides is 1. The number of rotatable bonds is 6. The Morgan fingerprint density at radius 2 is 1.19 bits per heavy atom. The van der Waals surface area contributed by atoms with Gasteiger partial charge in [0.1, 0.15) is 5.82 Å². The van der Waals surface area contributed by atoms with Crippen LogP contribution in [0, 0.1) is 0 Å². The summed E-state index contributed by atoms with van der Waals surface area (Å²) in [5.74, 6) is -0.0324. The molecule has 0 bridgehead atoms. The Bertz CT molecular complexity index is 2440. The second kappa shape index (κ2) is 17.3. The summed E-state index contributed by atoms with van der Waals surface area (Å²) in [7, 11) is 4.09. The number of H-pyrrole nitrogens is 2. The molecule has 2 aliphatic heterocycles. The van der Waals surface area contributed by atoms with Crippen molar-refractivity contribution < 1.29 is 9.59 Å². The predicted molar refractivity (Wildman–Crippen MR) is 233 cm³/mol. The fourth-order valence-corrected chi connectivity index (χ4v) is 6.90. The fraction of sp³-hybridized carbons (Fsp3) is 0.429. The molecule has 3 aromatic heterocycles. The van der Waals surface area contributed by atoms with E-state index in [2.05, 4.69) is 86.6 Å². The largest absolute Gasteiger partial charge is 0.364 e. The second-order valence-corrected chi connectivity index (χ2v) is 17.4. The van der Waals surface area contributed by atoms with E-state index in [0.29, 0.717) is 49.2 Å². The van der Waals surface area contributed by atoms with E-state index < -0.39 is 17.4 Å². The maximum atomic E-state index is 12.8. The number of likely N-dealkylation sites (N-methyl/N-ethyl adjacent to an activating group) is 2. The molecule has 0 unspecified atom stereocenters. The average molecular weight is 825 g/mol. The summed E-state index contributed by atoms with van der Waals surface area (Å²) < 4.78 is 0. The van der Waals surface area contributed by atoms with Crippen LogP contribution in [-0.4, -0.2) is 118 Å². The zero-order valence-corrected chi connectivity index (χ0v) is 35.7. The molecule has 2 aliphatic rings. The highest BCUT2D eigenvalue weighted by Crippen LogP contribution is 2.28. The summed E-state index contributed by atoms with van der Waals surface area (Å²) in [6.45, 7) is 19.0. The second-order valence-electron chi connectivity index (χ2n) is 17.1. The van der Waals surface area contributed by atoms with Crippen LogP contribution in [0.3, 0.4) is 0 Å². The molecule has 16 nitrogen and oxygen atoms in total. The average Bonchev–Trinajstić information content (AvgIpc) is 3.19. The number of hydrogen-bond donors (Lipinski definition) is 4. The van der Waals surface area contributed by atoms with Crippen LogP contribution < -0.4 is 32.0 Å². The standard InChI is InChI=1S/C21H27ClN6O2.C21H26N6O2/c1-21(2,3)14-7-5-13(6-8-14)20(30)26-18-15(17(23)29)24-16(22)19(25-18)28-11-9-27(4)10-12-28;1-21(2,3)14-7-5-13(6-8-14)16-23-17-15(19(28)25-16)22-20(29)18(24-17)27-11-9-26(4)10-12-27/h5-8H,9-12H2,1-4H3,(H2,23,29)(H,25,26,30);5-8H,9-12H2,1-4H3,(H,22,29)(H,23,24,25,28). The van der Waals surface area contributed by atoms with Crippen molar-refractivity contribution in [3.05, 3.63) is 96.8 Å². The Kier molecular flexibility index (Phi) is 12.5. The molecule has 2 saturated heterocycles. The highest BCUT2D eigenvalue weighted by Gasteiger charge is 2.25. The van der Waals surface area contributed by atoms with E-state index in [1.54, 1.807) is 12.1 Å². The number of halogens is 1. The van der Waals surface area contributed by atoms with Crippen LogP contribution in [0.1, 0.15) is 73.5 Å². The van der Waals surface area contributed by atoms with E-state index in [1.807, 2.05) is 60.3 Å². The van der Waals surface area contributed by atoms with E-state index in [-0.39, 0.29) is 44.2 Å². The van der Waals surface area contributed by atoms with E-state index in [1.165, 1.54) is 5.56 Å². The molecule has 312 valence electrons. The van der Waals surface area contributed by atoms with Gasteiger partial charge in [-0.2, -0.15) is 0 Å². The fourth-order valence-electron chi connectivity index (χ4n) is 6.66. The number of carbonyl (C=O) groups excluding carboxylic acids is 2. The number of fused-ring (bicyclic) bond motifs is 1. The Labute approximate surface area is 348 Å². The lowest BCUT2D eigenvalue weighted by molar-refractivity contribution is 0.0996. The minimum Gasteiger partial charge on any atom is -0.364 e. The lowest BCUT2D eigenvalue weighted by atomic mass is 9.86. The van der Waals surface area contributed by atoms with Gasteiger partial charge in [-0.05, 0) is 48.2 Å². The molecule has 0 spiro atoms. The Morgan fingerprint density at radius 1 is 0.678 bits per heavy atom. The topological polar surface area (TPSA) is 202 Å². The normalized spacial score (nSPS) is 15.5. The number of piperazine rings is 2. The number of nitrogens with zero attached hydrogens (tertiary/aromatic N) is 8. The van der Waals surface area contributed by atoms with Crippen molar-refractivity contribution in [2.45, 2.75) is 52.4 Å². The van der Waals surface area contributed by atoms with Gasteiger partial charge in [0.15, 0.2) is 39.5 Å². The first kappa shape index (κ1) is 42.9. The monoisotopic (exact) mass is 824 g/mol. The van der Waals surface area contributed by atoms with Gasteiger partial charge in [-0.25, -0.2) is 19.9 Å². The summed E-state index contributed by atoms with van der Waals surface area (Å²) in [5.41, 5.74) is 8.42. The van der Waals surface area contributed by atoms with Crippen LogP contribution in [-0.2, 0) is 10.8 Å². The third-order valence-corrected chi connectivity index (χ3v) is 10.8. The molecular weight excluding hydrogens is 772 g/mol. The van der Waals surface area contributed by atoms with Crippen molar-refractivity contribution in [1.29, 1.82) is 0 Å². The van der Waals surface area contributed by atoms with E-state index in [9.17, 15) is 19.2 Å². The Balaban J connectivity index is 0.000000198. The first-order valence-electron chi connectivity index (χ1n) is 19.6. The molecule has 2 fully saturated rings. The van der Waals surface area contributed by atoms with Gasteiger partial charge in [0, 0.05) is 63.5 Å². The first-order valence-corrected chi connectivity index (χ1v) is 20.0. The lowest BCUT2D eigenvalue weighted by Gasteiger charge is -2.33. The quantitative estimate of drug-likeness (QED) is 0.190. The SMILES string of the molecule is CN1CCN(c2nc(NC(=O)c3ccc(C(C)(C)C)cc3)c(C(N)=O)nc2Cl)CC1.CN1CCN(c2nc3nc(-c4ccc(C(C)(C)C)cc4)[nH]c(=O)c3[nH]c2=O)CC1. The van der Waals surface area contributed by atoms with Gasteiger partial charge in [0.2, 0.25) is 0 Å². The molecular formula is C42H53ClN12O4. The van der Waals surface area contributed by atoms with Crippen LogP contribution in [0.4, 0.5) is 17.5 Å². The number of anilines is 3. The van der Waals surface area contributed by atoms with Crippen LogP contribution >= 0.6 is 11.6 Å². The van der Waals surface area contributed by atoms with Crippen LogP contribution in [0.2, 0.25) is 5.15 Å². The number of aromatic amines is 2. The maximum absolute atomic E-state index is 12.8. The maximum Gasteiger partial charge on any atom is 0.291 e. The molecule has 17 heteroatoms. The summed E-state index contributed by atoms with van der Waals surface area (Å²) in [6, 6.07) is 15.3. The van der Waals surface area contributed by atoms with Crippen molar-refractivity contribution >= 4 is 52.0 Å². The summed E-state index contributed by atoms with van der Waals surface area (Å²) in [4.78, 5) is 81.0. The van der Waals surface area contributed by atoms with Crippen molar-refractivity contribution in [2.75, 3.05) is 81.6 Å². The van der Waals surface area contributed by atoms with Gasteiger partial charge >= 0.3 is 0 Å². The van der Waals surface area contributed by atoms with Gasteiger partial charge in [-0.15, -0.1) is 0 Å². The predicted octanol–water partition coefficient (Wildman–Crippen LogP) is 4.25. The zero-order valence-electron chi connectivity index (χ0n) is 34.9. The summed E-state index contributed by atoms with van der Waals surface area (Å²) in [6.07, 6.45) is 0. The number of amides is 2. The Morgan fingerprint density at radius 3 is 1.69 bits per heavy atom. The van der Waals surface area contributed by atoms with Crippen molar-refractivity contribution in [3.63, 3.8) is 0 Å². The van der Waals surface area contributed by atoms with Gasteiger partial charge in [-0.1, -0.05) is 89.5 Å². The summed E-state index contributed by atoms with van der Waals surface area (Å²) >= 11 is 6.28. The first-order chi connectivity index (χ1) is 27.8. The van der Waals surface area contributed by atoms with Crippen LogP contribution in [0.5, 0.6) is 0 Å². The molecule has 0 aliphatic carbocycles. The van der Waals surface area contributed by atoms with Crippen LogP contribution in [0.15, 0.2) is 58.1 Å². The molecule has 5 N–H and O–H groups in total. The molecule has 2 amide bonds. The third-order valence-electron chi connectivity index (χ3n) is 10.5. The van der Waals surface area contributed by atoms with Crippen LogP contribution in [0.25, 0.3) is 22.6 Å².